The van der Waals surface area contributed by atoms with Crippen LogP contribution in [0.3, 0.4) is 0 Å². The molecule has 2 heterocycles. The Morgan fingerprint density at radius 3 is 2.12 bits per heavy atom. The quantitative estimate of drug-likeness (QED) is 0.185. The summed E-state index contributed by atoms with van der Waals surface area (Å²) in [7, 11) is 4.43. The third-order valence-corrected chi connectivity index (χ3v) is 14.0. The molecule has 3 N–H and O–H groups in total. The van der Waals surface area contributed by atoms with Crippen molar-refractivity contribution in [3.63, 3.8) is 0 Å². The van der Waals surface area contributed by atoms with Crippen molar-refractivity contribution in [1.29, 1.82) is 0 Å². The maximum Gasteiger partial charge on any atom is 0.294 e. The van der Waals surface area contributed by atoms with E-state index in [9.17, 15) is 44.1 Å². The second-order valence-electron chi connectivity index (χ2n) is 18.3. The van der Waals surface area contributed by atoms with Gasteiger partial charge in [0.2, 0.25) is 11.6 Å². The number of carbonyl (C=O) groups excluding carboxylic acids is 6. The summed E-state index contributed by atoms with van der Waals surface area (Å²) in [6.45, 7) is 10.7. The minimum absolute atomic E-state index is 0.0462. The van der Waals surface area contributed by atoms with Crippen molar-refractivity contribution in [2.24, 2.45) is 41.4 Å². The number of aliphatic hydroxyl groups is 3. The van der Waals surface area contributed by atoms with Crippen molar-refractivity contribution in [3.05, 3.63) is 23.3 Å². The second-order valence-corrected chi connectivity index (χ2v) is 18.3. The average molecular weight is 830 g/mol. The number of Topliss-reactive ketones (excluding diaryl/α,β-unsaturated/α-hetero) is 5. The highest BCUT2D eigenvalue weighted by atomic mass is 16.5. The van der Waals surface area contributed by atoms with Crippen LogP contribution in [0.25, 0.3) is 0 Å². The highest BCUT2D eigenvalue weighted by molar-refractivity contribution is 6.46. The standard InChI is InChI=1S/C46H71NO12/c1-10-13-31-19-25(2)18-26(3)20-37(58-8)40-38(59-9)22-28(5)46(56,43(40)53)44(54)45(55)47-17-12-11-14-32(47)41(51)42(52)39(29(6)34(49)24-35(31)50)27(4)21-30-15-16-33(48)36(23-30)57-7/h19,21,26,28-34,36-40,48-49,56H,10-18,20,22-24H2,1-9H3/b25-19+,27-21?. The monoisotopic (exact) mass is 829 g/mol. The Labute approximate surface area is 350 Å². The van der Waals surface area contributed by atoms with Gasteiger partial charge in [-0.3, -0.25) is 28.8 Å². The molecule has 4 rings (SSSR count). The van der Waals surface area contributed by atoms with E-state index in [0.717, 1.165) is 10.5 Å². The lowest BCUT2D eigenvalue weighted by molar-refractivity contribution is -0.183. The number of fused-ring (bicyclic) bond motifs is 3. The van der Waals surface area contributed by atoms with E-state index in [2.05, 4.69) is 0 Å². The third kappa shape index (κ3) is 10.8. The number of rotatable bonds is 7. The third-order valence-electron chi connectivity index (χ3n) is 14.0. The van der Waals surface area contributed by atoms with Crippen LogP contribution in [0.4, 0.5) is 0 Å². The summed E-state index contributed by atoms with van der Waals surface area (Å²) in [6, 6.07) is -1.35. The summed E-state index contributed by atoms with van der Waals surface area (Å²) in [4.78, 5) is 87.6. The normalized spacial score (nSPS) is 40.3. The number of ether oxygens (including phenoxy) is 3. The predicted molar refractivity (Wildman–Crippen MR) is 220 cm³/mol. The second kappa shape index (κ2) is 21.2. The maximum atomic E-state index is 14.7. The van der Waals surface area contributed by atoms with Crippen LogP contribution in [0.15, 0.2) is 23.3 Å². The Morgan fingerprint density at radius 2 is 1.49 bits per heavy atom. The van der Waals surface area contributed by atoms with Crippen LogP contribution < -0.4 is 0 Å². The van der Waals surface area contributed by atoms with E-state index >= 15 is 0 Å². The van der Waals surface area contributed by atoms with Gasteiger partial charge in [0.15, 0.2) is 11.4 Å². The molecule has 13 nitrogen and oxygen atoms in total. The molecule has 0 aromatic carbocycles. The van der Waals surface area contributed by atoms with Gasteiger partial charge in [-0.05, 0) is 95.8 Å². The van der Waals surface area contributed by atoms with E-state index in [4.69, 9.17) is 14.2 Å². The molecule has 332 valence electrons. The molecular weight excluding hydrogens is 759 g/mol. The van der Waals surface area contributed by atoms with Crippen molar-refractivity contribution in [2.75, 3.05) is 27.9 Å². The molecule has 14 atom stereocenters. The van der Waals surface area contributed by atoms with Crippen molar-refractivity contribution in [2.45, 2.75) is 161 Å². The molecule has 1 amide bonds. The summed E-state index contributed by atoms with van der Waals surface area (Å²) in [5.41, 5.74) is -1.29. The number of piperidine rings is 1. The highest BCUT2D eigenvalue weighted by Crippen LogP contribution is 2.41. The molecule has 0 aromatic heterocycles. The van der Waals surface area contributed by atoms with Gasteiger partial charge in [-0.15, -0.1) is 0 Å². The summed E-state index contributed by atoms with van der Waals surface area (Å²) in [5, 5.41) is 34.4. The minimum Gasteiger partial charge on any atom is -0.392 e. The topological polar surface area (TPSA) is 194 Å². The largest absolute Gasteiger partial charge is 0.392 e. The predicted octanol–water partition coefficient (Wildman–Crippen LogP) is 4.55. The Hall–Kier alpha value is -2.94. The minimum atomic E-state index is -2.73. The van der Waals surface area contributed by atoms with Gasteiger partial charge < -0.3 is 34.4 Å². The number of allylic oxidation sites excluding steroid dienone is 4. The molecule has 59 heavy (non-hydrogen) atoms. The Balaban J connectivity index is 1.84. The van der Waals surface area contributed by atoms with Crippen molar-refractivity contribution in [3.8, 4) is 0 Å². The van der Waals surface area contributed by atoms with E-state index in [0.29, 0.717) is 63.4 Å². The van der Waals surface area contributed by atoms with E-state index in [1.165, 1.54) is 28.3 Å². The van der Waals surface area contributed by atoms with Crippen LogP contribution >= 0.6 is 0 Å². The Morgan fingerprint density at radius 1 is 0.847 bits per heavy atom. The molecule has 2 aliphatic carbocycles. The van der Waals surface area contributed by atoms with Crippen LogP contribution in [0.5, 0.6) is 0 Å². The van der Waals surface area contributed by atoms with Crippen molar-refractivity contribution in [1.82, 2.24) is 4.90 Å². The van der Waals surface area contributed by atoms with Crippen LogP contribution in [0.1, 0.15) is 119 Å². The van der Waals surface area contributed by atoms with Gasteiger partial charge >= 0.3 is 0 Å². The van der Waals surface area contributed by atoms with Gasteiger partial charge in [-0.25, -0.2) is 0 Å². The number of carbonyl (C=O) groups is 6. The number of ketones is 5. The molecule has 4 aliphatic rings. The van der Waals surface area contributed by atoms with Crippen molar-refractivity contribution < 1.29 is 58.3 Å². The first-order valence-corrected chi connectivity index (χ1v) is 21.9. The lowest BCUT2D eigenvalue weighted by Gasteiger charge is -2.45. The summed E-state index contributed by atoms with van der Waals surface area (Å²) >= 11 is 0. The first kappa shape index (κ1) is 48.7. The smallest absolute Gasteiger partial charge is 0.294 e. The van der Waals surface area contributed by atoms with Gasteiger partial charge in [0.1, 0.15) is 5.78 Å². The Kier molecular flexibility index (Phi) is 17.5. The number of amides is 1. The summed E-state index contributed by atoms with van der Waals surface area (Å²) in [5.74, 6) is -10.3. The number of methoxy groups -OCH3 is 3. The van der Waals surface area contributed by atoms with Gasteiger partial charge in [-0.2, -0.15) is 0 Å². The highest BCUT2D eigenvalue weighted by Gasteiger charge is 2.61. The zero-order valence-corrected chi connectivity index (χ0v) is 36.8. The van der Waals surface area contributed by atoms with Gasteiger partial charge in [0.05, 0.1) is 48.4 Å². The number of nitrogens with zero attached hydrogens (tertiary/aromatic N) is 1. The maximum absolute atomic E-state index is 14.7. The first-order valence-electron chi connectivity index (χ1n) is 21.9. The van der Waals surface area contributed by atoms with Gasteiger partial charge in [0, 0.05) is 46.1 Å². The number of hydrogen-bond donors (Lipinski definition) is 3. The lowest BCUT2D eigenvalue weighted by atomic mass is 9.64. The van der Waals surface area contributed by atoms with Gasteiger partial charge in [-0.1, -0.05) is 57.4 Å². The molecule has 0 spiro atoms. The van der Waals surface area contributed by atoms with Gasteiger partial charge in [0.25, 0.3) is 11.7 Å². The molecule has 14 unspecified atom stereocenters. The zero-order chi connectivity index (χ0) is 43.9. The molecule has 1 saturated heterocycles. The molecule has 3 fully saturated rings. The lowest BCUT2D eigenvalue weighted by Crippen LogP contribution is -2.67. The molecule has 2 aliphatic heterocycles. The fourth-order valence-corrected chi connectivity index (χ4v) is 10.5. The van der Waals surface area contributed by atoms with Crippen LogP contribution in [0, 0.1) is 41.4 Å². The van der Waals surface area contributed by atoms with E-state index in [1.54, 1.807) is 13.8 Å². The Bertz CT molecular complexity index is 1610. The number of hydrogen-bond acceptors (Lipinski definition) is 12. The van der Waals surface area contributed by atoms with Crippen LogP contribution in [0.2, 0.25) is 0 Å². The molecule has 2 saturated carbocycles. The van der Waals surface area contributed by atoms with E-state index < -0.39 is 101 Å². The molecular formula is C46H71NO12. The van der Waals surface area contributed by atoms with E-state index in [-0.39, 0.29) is 43.4 Å². The fraction of sp³-hybridized carbons (Fsp3) is 0.783. The fourth-order valence-electron chi connectivity index (χ4n) is 10.5. The molecule has 2 bridgehead atoms. The first-order chi connectivity index (χ1) is 27.8. The summed E-state index contributed by atoms with van der Waals surface area (Å²) in [6.07, 6.45) is 4.49. The zero-order valence-electron chi connectivity index (χ0n) is 36.8. The van der Waals surface area contributed by atoms with Crippen LogP contribution in [-0.4, -0.2) is 125 Å². The SMILES string of the molecule is CCCC1/C=C(\C)CC(C)CC(OC)C2C(=O)C(O)(C(=O)C(=O)N3CCCCC3C(=O)C(=O)C(C(C)=CC3CCC(O)C(OC)C3)C(C)C(O)CC1=O)C(C)CC2OC. The molecule has 0 radical (unpaired) electrons. The van der Waals surface area contributed by atoms with E-state index in [1.807, 2.05) is 32.9 Å². The summed E-state index contributed by atoms with van der Waals surface area (Å²) < 4.78 is 17.2. The van der Waals surface area contributed by atoms with Crippen molar-refractivity contribution >= 4 is 34.8 Å². The molecule has 0 aromatic rings. The van der Waals surface area contributed by atoms with Crippen LogP contribution in [-0.2, 0) is 43.0 Å². The molecule has 13 heteroatoms. The average Bonchev–Trinajstić information content (AvgIpc) is 3.21. The number of aliphatic hydroxyl groups excluding tert-OH is 2.